The standard InChI is InChI=1S/C13H18FN3O/c1-10-13(18)17(8-7-16(10)6-5-15)12-4-2-3-11(14)9-12/h2-4,9-10H,5-8,15H2,1H3. The van der Waals surface area contributed by atoms with Crippen molar-refractivity contribution in [1.29, 1.82) is 0 Å². The number of amides is 1. The highest BCUT2D eigenvalue weighted by Gasteiger charge is 2.31. The fourth-order valence-corrected chi connectivity index (χ4v) is 2.29. The molecule has 0 bridgehead atoms. The number of piperazine rings is 1. The fourth-order valence-electron chi connectivity index (χ4n) is 2.29. The Morgan fingerprint density at radius 2 is 2.22 bits per heavy atom. The van der Waals surface area contributed by atoms with Crippen molar-refractivity contribution in [2.45, 2.75) is 13.0 Å². The molecule has 2 N–H and O–H groups in total. The smallest absolute Gasteiger partial charge is 0.244 e. The van der Waals surface area contributed by atoms with Crippen LogP contribution in [-0.2, 0) is 4.79 Å². The van der Waals surface area contributed by atoms with Crippen LogP contribution in [0.2, 0.25) is 0 Å². The van der Waals surface area contributed by atoms with Gasteiger partial charge in [0.1, 0.15) is 5.82 Å². The lowest BCUT2D eigenvalue weighted by Gasteiger charge is -2.38. The van der Waals surface area contributed by atoms with Crippen LogP contribution in [0.25, 0.3) is 0 Å². The van der Waals surface area contributed by atoms with Gasteiger partial charge in [-0.05, 0) is 25.1 Å². The van der Waals surface area contributed by atoms with E-state index in [0.29, 0.717) is 25.3 Å². The Balaban J connectivity index is 2.15. The molecule has 0 radical (unpaired) electrons. The summed E-state index contributed by atoms with van der Waals surface area (Å²) in [5.41, 5.74) is 6.14. The van der Waals surface area contributed by atoms with Crippen LogP contribution in [0.3, 0.4) is 0 Å². The topological polar surface area (TPSA) is 49.6 Å². The molecule has 18 heavy (non-hydrogen) atoms. The monoisotopic (exact) mass is 251 g/mol. The second kappa shape index (κ2) is 5.46. The van der Waals surface area contributed by atoms with Crippen LogP contribution >= 0.6 is 0 Å². The van der Waals surface area contributed by atoms with Gasteiger partial charge in [0.2, 0.25) is 5.91 Å². The first-order valence-corrected chi connectivity index (χ1v) is 6.14. The van der Waals surface area contributed by atoms with Gasteiger partial charge in [0.25, 0.3) is 0 Å². The summed E-state index contributed by atoms with van der Waals surface area (Å²) in [6.07, 6.45) is 0. The average Bonchev–Trinajstić information content (AvgIpc) is 2.35. The number of halogens is 1. The van der Waals surface area contributed by atoms with E-state index in [-0.39, 0.29) is 17.8 Å². The molecule has 2 rings (SSSR count). The van der Waals surface area contributed by atoms with Crippen LogP contribution in [0.15, 0.2) is 24.3 Å². The molecule has 1 unspecified atom stereocenters. The molecule has 1 amide bonds. The predicted molar refractivity (Wildman–Crippen MR) is 68.8 cm³/mol. The third-order valence-electron chi connectivity index (χ3n) is 3.32. The van der Waals surface area contributed by atoms with Crippen molar-refractivity contribution < 1.29 is 9.18 Å². The largest absolute Gasteiger partial charge is 0.329 e. The van der Waals surface area contributed by atoms with Gasteiger partial charge in [-0.25, -0.2) is 4.39 Å². The third-order valence-corrected chi connectivity index (χ3v) is 3.32. The van der Waals surface area contributed by atoms with Crippen molar-refractivity contribution in [3.05, 3.63) is 30.1 Å². The van der Waals surface area contributed by atoms with Crippen molar-refractivity contribution in [3.8, 4) is 0 Å². The first kappa shape index (κ1) is 13.0. The lowest BCUT2D eigenvalue weighted by atomic mass is 10.1. The highest BCUT2D eigenvalue weighted by molar-refractivity contribution is 5.97. The number of anilines is 1. The van der Waals surface area contributed by atoms with Crippen LogP contribution in [0.1, 0.15) is 6.92 Å². The van der Waals surface area contributed by atoms with Gasteiger partial charge in [-0.15, -0.1) is 0 Å². The second-order valence-corrected chi connectivity index (χ2v) is 4.47. The Morgan fingerprint density at radius 1 is 1.44 bits per heavy atom. The lowest BCUT2D eigenvalue weighted by molar-refractivity contribution is -0.125. The van der Waals surface area contributed by atoms with Crippen LogP contribution in [0.4, 0.5) is 10.1 Å². The average molecular weight is 251 g/mol. The maximum absolute atomic E-state index is 13.2. The highest BCUT2D eigenvalue weighted by Crippen LogP contribution is 2.20. The van der Waals surface area contributed by atoms with Gasteiger partial charge in [0, 0.05) is 31.9 Å². The van der Waals surface area contributed by atoms with E-state index in [4.69, 9.17) is 5.73 Å². The number of hydrogen-bond donors (Lipinski definition) is 1. The van der Waals surface area contributed by atoms with Gasteiger partial charge in [0.05, 0.1) is 6.04 Å². The molecular formula is C13H18FN3O. The molecule has 0 aromatic heterocycles. The van der Waals surface area contributed by atoms with E-state index in [1.165, 1.54) is 12.1 Å². The maximum atomic E-state index is 13.2. The minimum absolute atomic E-state index is 0.000278. The highest BCUT2D eigenvalue weighted by atomic mass is 19.1. The Morgan fingerprint density at radius 3 is 2.89 bits per heavy atom. The summed E-state index contributed by atoms with van der Waals surface area (Å²) in [7, 11) is 0. The van der Waals surface area contributed by atoms with Gasteiger partial charge in [-0.2, -0.15) is 0 Å². The number of carbonyl (C=O) groups excluding carboxylic acids is 1. The minimum Gasteiger partial charge on any atom is -0.329 e. The van der Waals surface area contributed by atoms with E-state index < -0.39 is 0 Å². The number of rotatable bonds is 3. The number of nitrogens with two attached hydrogens (primary N) is 1. The van der Waals surface area contributed by atoms with Gasteiger partial charge >= 0.3 is 0 Å². The summed E-state index contributed by atoms with van der Waals surface area (Å²) in [6.45, 7) is 4.46. The van der Waals surface area contributed by atoms with Crippen molar-refractivity contribution in [2.75, 3.05) is 31.1 Å². The first-order valence-electron chi connectivity index (χ1n) is 6.14. The van der Waals surface area contributed by atoms with E-state index in [2.05, 4.69) is 4.90 Å². The molecule has 1 atom stereocenters. The molecule has 5 heteroatoms. The molecule has 1 saturated heterocycles. The molecule has 1 heterocycles. The molecule has 0 spiro atoms. The van der Waals surface area contributed by atoms with Crippen LogP contribution in [-0.4, -0.2) is 43.0 Å². The quantitative estimate of drug-likeness (QED) is 0.865. The maximum Gasteiger partial charge on any atom is 0.244 e. The fraction of sp³-hybridized carbons (Fsp3) is 0.462. The summed E-state index contributed by atoms with van der Waals surface area (Å²) >= 11 is 0. The number of hydrogen-bond acceptors (Lipinski definition) is 3. The molecule has 1 aliphatic heterocycles. The van der Waals surface area contributed by atoms with Crippen LogP contribution in [0.5, 0.6) is 0 Å². The van der Waals surface area contributed by atoms with Crippen molar-refractivity contribution in [1.82, 2.24) is 4.90 Å². The molecule has 1 aromatic carbocycles. The Hall–Kier alpha value is -1.46. The van der Waals surface area contributed by atoms with Gasteiger partial charge in [0.15, 0.2) is 0 Å². The first-order chi connectivity index (χ1) is 8.63. The van der Waals surface area contributed by atoms with E-state index >= 15 is 0 Å². The molecule has 98 valence electrons. The van der Waals surface area contributed by atoms with E-state index in [9.17, 15) is 9.18 Å². The number of nitrogens with zero attached hydrogens (tertiary/aromatic N) is 2. The molecule has 4 nitrogen and oxygen atoms in total. The van der Waals surface area contributed by atoms with E-state index in [1.807, 2.05) is 6.92 Å². The number of benzene rings is 1. The Labute approximate surface area is 106 Å². The van der Waals surface area contributed by atoms with Crippen molar-refractivity contribution in [3.63, 3.8) is 0 Å². The summed E-state index contributed by atoms with van der Waals surface area (Å²) in [5, 5.41) is 0. The van der Waals surface area contributed by atoms with Crippen molar-refractivity contribution in [2.24, 2.45) is 5.73 Å². The summed E-state index contributed by atoms with van der Waals surface area (Å²) in [6, 6.07) is 5.94. The Bertz CT molecular complexity index is 438. The minimum atomic E-state index is -0.322. The molecular weight excluding hydrogens is 233 g/mol. The summed E-state index contributed by atoms with van der Waals surface area (Å²) < 4.78 is 13.2. The number of carbonyl (C=O) groups is 1. The predicted octanol–water partition coefficient (Wildman–Crippen LogP) is 0.821. The van der Waals surface area contributed by atoms with Gasteiger partial charge in [-0.1, -0.05) is 6.07 Å². The van der Waals surface area contributed by atoms with Crippen LogP contribution in [0, 0.1) is 5.82 Å². The molecule has 0 saturated carbocycles. The van der Waals surface area contributed by atoms with Crippen LogP contribution < -0.4 is 10.6 Å². The SMILES string of the molecule is CC1C(=O)N(c2cccc(F)c2)CCN1CCN. The second-order valence-electron chi connectivity index (χ2n) is 4.47. The van der Waals surface area contributed by atoms with Gasteiger partial charge < -0.3 is 10.6 Å². The zero-order chi connectivity index (χ0) is 13.1. The molecule has 0 aliphatic carbocycles. The van der Waals surface area contributed by atoms with Gasteiger partial charge in [-0.3, -0.25) is 9.69 Å². The summed E-state index contributed by atoms with van der Waals surface area (Å²) in [4.78, 5) is 15.9. The molecule has 1 aliphatic rings. The molecule has 1 aromatic rings. The molecule has 1 fully saturated rings. The zero-order valence-corrected chi connectivity index (χ0v) is 10.5. The van der Waals surface area contributed by atoms with Crippen molar-refractivity contribution >= 4 is 11.6 Å². The zero-order valence-electron chi connectivity index (χ0n) is 10.5. The van der Waals surface area contributed by atoms with E-state index in [0.717, 1.165) is 6.54 Å². The summed E-state index contributed by atoms with van der Waals surface area (Å²) in [5.74, 6) is -0.322. The lowest BCUT2D eigenvalue weighted by Crippen LogP contribution is -2.56. The third kappa shape index (κ3) is 2.52. The van der Waals surface area contributed by atoms with E-state index in [1.54, 1.807) is 17.0 Å². The Kier molecular flexibility index (Phi) is 3.93. The normalized spacial score (nSPS) is 21.4.